The standard InChI is InChI=1S/C16H20N2/c1-3-12-10-15(11-13(4-2)16(12)17)18-14-8-6-5-7-9-14/h5-11,18H,3-4,17H2,1-2H3. The number of aryl methyl sites for hydroxylation is 2. The molecular weight excluding hydrogens is 220 g/mol. The van der Waals surface area contributed by atoms with Gasteiger partial charge in [0.15, 0.2) is 0 Å². The number of benzene rings is 2. The summed E-state index contributed by atoms with van der Waals surface area (Å²) in [6.07, 6.45) is 1.92. The first kappa shape index (κ1) is 12.5. The zero-order valence-corrected chi connectivity index (χ0v) is 11.0. The van der Waals surface area contributed by atoms with E-state index in [4.69, 9.17) is 5.73 Å². The monoisotopic (exact) mass is 240 g/mol. The van der Waals surface area contributed by atoms with Crippen molar-refractivity contribution in [1.82, 2.24) is 0 Å². The van der Waals surface area contributed by atoms with Crippen LogP contribution >= 0.6 is 0 Å². The van der Waals surface area contributed by atoms with Gasteiger partial charge in [-0.05, 0) is 48.2 Å². The van der Waals surface area contributed by atoms with E-state index in [1.165, 1.54) is 11.1 Å². The van der Waals surface area contributed by atoms with Crippen LogP contribution in [0.3, 0.4) is 0 Å². The van der Waals surface area contributed by atoms with Gasteiger partial charge in [-0.3, -0.25) is 0 Å². The van der Waals surface area contributed by atoms with Crippen LogP contribution in [0, 0.1) is 0 Å². The highest BCUT2D eigenvalue weighted by atomic mass is 14.9. The molecule has 0 aliphatic rings. The van der Waals surface area contributed by atoms with Crippen LogP contribution < -0.4 is 11.1 Å². The number of nitrogens with two attached hydrogens (primary N) is 1. The second-order valence-corrected chi connectivity index (χ2v) is 4.41. The average Bonchev–Trinajstić information content (AvgIpc) is 2.41. The molecule has 0 heterocycles. The van der Waals surface area contributed by atoms with Gasteiger partial charge in [0.25, 0.3) is 0 Å². The van der Waals surface area contributed by atoms with Crippen LogP contribution in [-0.4, -0.2) is 0 Å². The molecule has 2 rings (SSSR count). The van der Waals surface area contributed by atoms with E-state index >= 15 is 0 Å². The molecule has 2 aromatic rings. The molecule has 0 aromatic heterocycles. The third-order valence-corrected chi connectivity index (χ3v) is 3.18. The summed E-state index contributed by atoms with van der Waals surface area (Å²) in [5.41, 5.74) is 11.7. The van der Waals surface area contributed by atoms with Crippen molar-refractivity contribution in [1.29, 1.82) is 0 Å². The summed E-state index contributed by atoms with van der Waals surface area (Å²) in [5, 5.41) is 3.42. The van der Waals surface area contributed by atoms with Crippen molar-refractivity contribution in [3.8, 4) is 0 Å². The van der Waals surface area contributed by atoms with Gasteiger partial charge in [0.05, 0.1) is 0 Å². The van der Waals surface area contributed by atoms with Crippen molar-refractivity contribution >= 4 is 17.1 Å². The Labute approximate surface area is 109 Å². The van der Waals surface area contributed by atoms with Gasteiger partial charge < -0.3 is 11.1 Å². The van der Waals surface area contributed by atoms with E-state index in [0.717, 1.165) is 29.9 Å². The lowest BCUT2D eigenvalue weighted by atomic mass is 10.0. The van der Waals surface area contributed by atoms with Gasteiger partial charge in [-0.2, -0.15) is 0 Å². The maximum Gasteiger partial charge on any atom is 0.0391 e. The highest BCUT2D eigenvalue weighted by molar-refractivity contribution is 5.67. The molecule has 3 N–H and O–H groups in total. The lowest BCUT2D eigenvalue weighted by Gasteiger charge is -2.13. The molecule has 0 amide bonds. The zero-order valence-electron chi connectivity index (χ0n) is 11.0. The molecule has 0 saturated heterocycles. The molecule has 2 aromatic carbocycles. The van der Waals surface area contributed by atoms with Gasteiger partial charge in [0.2, 0.25) is 0 Å². The van der Waals surface area contributed by atoms with Crippen molar-refractivity contribution in [2.24, 2.45) is 0 Å². The van der Waals surface area contributed by atoms with Gasteiger partial charge in [-0.15, -0.1) is 0 Å². The van der Waals surface area contributed by atoms with Gasteiger partial charge >= 0.3 is 0 Å². The van der Waals surface area contributed by atoms with Crippen LogP contribution in [-0.2, 0) is 12.8 Å². The van der Waals surface area contributed by atoms with E-state index in [-0.39, 0.29) is 0 Å². The predicted molar refractivity (Wildman–Crippen MR) is 79.3 cm³/mol. The van der Waals surface area contributed by atoms with Gasteiger partial charge in [0, 0.05) is 17.1 Å². The number of nitrogen functional groups attached to an aromatic ring is 1. The Balaban J connectivity index is 2.34. The SMILES string of the molecule is CCc1cc(Nc2ccccc2)cc(CC)c1N. The van der Waals surface area contributed by atoms with Crippen LogP contribution in [0.25, 0.3) is 0 Å². The molecule has 0 saturated carbocycles. The van der Waals surface area contributed by atoms with E-state index < -0.39 is 0 Å². The van der Waals surface area contributed by atoms with Crippen molar-refractivity contribution < 1.29 is 0 Å². The quantitative estimate of drug-likeness (QED) is 0.788. The minimum absolute atomic E-state index is 0.943. The minimum atomic E-state index is 0.943. The second kappa shape index (κ2) is 5.58. The topological polar surface area (TPSA) is 38.0 Å². The molecule has 94 valence electrons. The summed E-state index contributed by atoms with van der Waals surface area (Å²) < 4.78 is 0. The lowest BCUT2D eigenvalue weighted by molar-refractivity contribution is 1.09. The molecule has 0 bridgehead atoms. The van der Waals surface area contributed by atoms with Crippen molar-refractivity contribution in [3.63, 3.8) is 0 Å². The van der Waals surface area contributed by atoms with E-state index in [2.05, 4.69) is 43.4 Å². The molecule has 0 aliphatic carbocycles. The molecular formula is C16H20N2. The molecule has 0 aliphatic heterocycles. The van der Waals surface area contributed by atoms with Crippen LogP contribution in [0.1, 0.15) is 25.0 Å². The Hall–Kier alpha value is -1.96. The van der Waals surface area contributed by atoms with E-state index in [9.17, 15) is 0 Å². The highest BCUT2D eigenvalue weighted by Gasteiger charge is 2.05. The third-order valence-electron chi connectivity index (χ3n) is 3.18. The Kier molecular flexibility index (Phi) is 3.88. The summed E-state index contributed by atoms with van der Waals surface area (Å²) in [6.45, 7) is 4.27. The molecule has 0 atom stereocenters. The van der Waals surface area contributed by atoms with E-state index in [0.29, 0.717) is 0 Å². The molecule has 0 unspecified atom stereocenters. The van der Waals surface area contributed by atoms with Crippen molar-refractivity contribution in [2.75, 3.05) is 11.1 Å². The van der Waals surface area contributed by atoms with E-state index in [1.807, 2.05) is 18.2 Å². The molecule has 18 heavy (non-hydrogen) atoms. The number of para-hydroxylation sites is 1. The Morgan fingerprint density at radius 2 is 1.44 bits per heavy atom. The average molecular weight is 240 g/mol. The molecule has 0 spiro atoms. The summed E-state index contributed by atoms with van der Waals surface area (Å²) in [6, 6.07) is 14.5. The van der Waals surface area contributed by atoms with Gasteiger partial charge in [0.1, 0.15) is 0 Å². The predicted octanol–water partition coefficient (Wildman–Crippen LogP) is 4.14. The summed E-state index contributed by atoms with van der Waals surface area (Å²) in [5.74, 6) is 0. The Bertz CT molecular complexity index is 493. The molecule has 0 radical (unpaired) electrons. The maximum absolute atomic E-state index is 6.14. The first-order valence-electron chi connectivity index (χ1n) is 6.48. The fourth-order valence-electron chi connectivity index (χ4n) is 2.12. The van der Waals surface area contributed by atoms with Crippen molar-refractivity contribution in [3.05, 3.63) is 53.6 Å². The smallest absolute Gasteiger partial charge is 0.0391 e. The second-order valence-electron chi connectivity index (χ2n) is 4.41. The summed E-state index contributed by atoms with van der Waals surface area (Å²) >= 11 is 0. The highest BCUT2D eigenvalue weighted by Crippen LogP contribution is 2.26. The van der Waals surface area contributed by atoms with Crippen LogP contribution in [0.5, 0.6) is 0 Å². The maximum atomic E-state index is 6.14. The van der Waals surface area contributed by atoms with Crippen LogP contribution in [0.15, 0.2) is 42.5 Å². The fraction of sp³-hybridized carbons (Fsp3) is 0.250. The normalized spacial score (nSPS) is 10.3. The van der Waals surface area contributed by atoms with Crippen LogP contribution in [0.4, 0.5) is 17.1 Å². The number of hydrogen-bond acceptors (Lipinski definition) is 2. The molecule has 2 nitrogen and oxygen atoms in total. The molecule has 0 fully saturated rings. The largest absolute Gasteiger partial charge is 0.398 e. The summed E-state index contributed by atoms with van der Waals surface area (Å²) in [7, 11) is 0. The van der Waals surface area contributed by atoms with Gasteiger partial charge in [-0.25, -0.2) is 0 Å². The number of hydrogen-bond donors (Lipinski definition) is 2. The number of nitrogens with one attached hydrogen (secondary N) is 1. The van der Waals surface area contributed by atoms with E-state index in [1.54, 1.807) is 0 Å². The summed E-state index contributed by atoms with van der Waals surface area (Å²) in [4.78, 5) is 0. The Morgan fingerprint density at radius 3 is 1.94 bits per heavy atom. The van der Waals surface area contributed by atoms with Gasteiger partial charge in [-0.1, -0.05) is 32.0 Å². The minimum Gasteiger partial charge on any atom is -0.398 e. The zero-order chi connectivity index (χ0) is 13.0. The first-order valence-corrected chi connectivity index (χ1v) is 6.48. The van der Waals surface area contributed by atoms with Crippen molar-refractivity contribution in [2.45, 2.75) is 26.7 Å². The third kappa shape index (κ3) is 2.65. The van der Waals surface area contributed by atoms with Crippen LogP contribution in [0.2, 0.25) is 0 Å². The Morgan fingerprint density at radius 1 is 0.889 bits per heavy atom. The fourth-order valence-corrected chi connectivity index (χ4v) is 2.12. The molecule has 2 heteroatoms. The number of anilines is 3. The number of rotatable bonds is 4. The lowest BCUT2D eigenvalue weighted by Crippen LogP contribution is -2.01. The first-order chi connectivity index (χ1) is 8.74.